The third kappa shape index (κ3) is 2.19. The molecule has 1 aliphatic rings. The smallest absolute Gasteiger partial charge is 0.310 e. The van der Waals surface area contributed by atoms with Crippen LogP contribution < -0.4 is 0 Å². The number of imidazole rings is 1. The number of carboxylic acids is 1. The van der Waals surface area contributed by atoms with Crippen molar-refractivity contribution in [3.8, 4) is 0 Å². The zero-order valence-electron chi connectivity index (χ0n) is 11.8. The molecule has 0 aliphatic heterocycles. The number of benzene rings is 1. The van der Waals surface area contributed by atoms with Gasteiger partial charge in [-0.3, -0.25) is 4.79 Å². The lowest BCUT2D eigenvalue weighted by atomic mass is 9.82. The average Bonchev–Trinajstić information content (AvgIpc) is 3.05. The first-order chi connectivity index (χ1) is 9.63. The number of hydrogen-bond donors (Lipinski definition) is 2. The van der Waals surface area contributed by atoms with E-state index in [1.807, 2.05) is 6.07 Å². The van der Waals surface area contributed by atoms with Crippen molar-refractivity contribution < 1.29 is 9.90 Å². The maximum absolute atomic E-state index is 11.6. The Balaban J connectivity index is 1.92. The first kappa shape index (κ1) is 13.2. The summed E-state index contributed by atoms with van der Waals surface area (Å²) in [6.07, 6.45) is 5.04. The van der Waals surface area contributed by atoms with E-state index in [0.717, 1.165) is 49.0 Å². The molecule has 2 aromatic rings. The Kier molecular flexibility index (Phi) is 3.24. The highest BCUT2D eigenvalue weighted by Crippen LogP contribution is 2.41. The van der Waals surface area contributed by atoms with Crippen molar-refractivity contribution in [2.45, 2.75) is 45.4 Å². The fourth-order valence-corrected chi connectivity index (χ4v) is 3.25. The molecule has 0 bridgehead atoms. The van der Waals surface area contributed by atoms with Gasteiger partial charge < -0.3 is 10.1 Å². The monoisotopic (exact) mass is 272 g/mol. The van der Waals surface area contributed by atoms with Gasteiger partial charge in [-0.2, -0.15) is 0 Å². The lowest BCUT2D eigenvalue weighted by Gasteiger charge is -2.22. The molecule has 20 heavy (non-hydrogen) atoms. The second kappa shape index (κ2) is 4.93. The molecular weight excluding hydrogens is 252 g/mol. The van der Waals surface area contributed by atoms with Crippen LogP contribution in [0.4, 0.5) is 0 Å². The van der Waals surface area contributed by atoms with Gasteiger partial charge in [-0.25, -0.2) is 4.98 Å². The van der Waals surface area contributed by atoms with E-state index in [4.69, 9.17) is 0 Å². The number of rotatable bonds is 4. The Labute approximate surface area is 118 Å². The number of hydrogen-bond acceptors (Lipinski definition) is 2. The molecule has 4 nitrogen and oxygen atoms in total. The van der Waals surface area contributed by atoms with Gasteiger partial charge in [0.25, 0.3) is 0 Å². The molecule has 4 heteroatoms. The van der Waals surface area contributed by atoms with Crippen LogP contribution in [0.2, 0.25) is 0 Å². The maximum Gasteiger partial charge on any atom is 0.310 e. The minimum atomic E-state index is -0.676. The van der Waals surface area contributed by atoms with E-state index in [1.54, 1.807) is 0 Å². The zero-order valence-corrected chi connectivity index (χ0v) is 11.8. The molecule has 0 amide bonds. The molecule has 1 saturated carbocycles. The van der Waals surface area contributed by atoms with Gasteiger partial charge in [0.05, 0.1) is 16.4 Å². The average molecular weight is 272 g/mol. The van der Waals surface area contributed by atoms with Crippen LogP contribution in [0.5, 0.6) is 0 Å². The van der Waals surface area contributed by atoms with E-state index in [9.17, 15) is 9.90 Å². The first-order valence-electron chi connectivity index (χ1n) is 7.34. The number of carboxylic acid groups (broad SMARTS) is 1. The summed E-state index contributed by atoms with van der Waals surface area (Å²) in [6.45, 7) is 2.12. The van der Waals surface area contributed by atoms with Gasteiger partial charge in [0.15, 0.2) is 0 Å². The highest BCUT2D eigenvalue weighted by molar-refractivity contribution is 5.77. The minimum Gasteiger partial charge on any atom is -0.481 e. The molecule has 0 saturated heterocycles. The number of nitrogens with one attached hydrogen (secondary N) is 1. The van der Waals surface area contributed by atoms with Gasteiger partial charge in [-0.05, 0) is 37.0 Å². The number of aromatic amines is 1. The first-order valence-corrected chi connectivity index (χ1v) is 7.34. The molecule has 1 heterocycles. The molecule has 3 rings (SSSR count). The normalized spacial score (nSPS) is 17.6. The third-order valence-corrected chi connectivity index (χ3v) is 4.52. The number of H-pyrrole nitrogens is 1. The molecule has 106 valence electrons. The highest BCUT2D eigenvalue weighted by atomic mass is 16.4. The molecule has 0 spiro atoms. The Morgan fingerprint density at radius 1 is 1.40 bits per heavy atom. The van der Waals surface area contributed by atoms with Gasteiger partial charge in [0.2, 0.25) is 0 Å². The predicted molar refractivity (Wildman–Crippen MR) is 77.7 cm³/mol. The number of nitrogens with zero attached hydrogens (tertiary/aromatic N) is 1. The predicted octanol–water partition coefficient (Wildman–Crippen LogP) is 3.31. The summed E-state index contributed by atoms with van der Waals surface area (Å²) in [6, 6.07) is 6.19. The second-order valence-electron chi connectivity index (χ2n) is 5.86. The maximum atomic E-state index is 11.6. The number of aliphatic carboxylic acids is 1. The Bertz CT molecular complexity index is 639. The van der Waals surface area contributed by atoms with Crippen molar-refractivity contribution in [3.63, 3.8) is 0 Å². The lowest BCUT2D eigenvalue weighted by molar-refractivity contribution is -0.148. The van der Waals surface area contributed by atoms with Gasteiger partial charge in [-0.1, -0.05) is 25.8 Å². The largest absolute Gasteiger partial charge is 0.481 e. The van der Waals surface area contributed by atoms with Crippen molar-refractivity contribution in [3.05, 3.63) is 29.6 Å². The third-order valence-electron chi connectivity index (χ3n) is 4.52. The van der Waals surface area contributed by atoms with Gasteiger partial charge in [0, 0.05) is 6.42 Å². The topological polar surface area (TPSA) is 66.0 Å². The van der Waals surface area contributed by atoms with Crippen LogP contribution in [-0.4, -0.2) is 21.0 Å². The van der Waals surface area contributed by atoms with Crippen LogP contribution in [0.1, 0.15) is 44.0 Å². The van der Waals surface area contributed by atoms with Crippen LogP contribution in [0.15, 0.2) is 18.2 Å². The van der Waals surface area contributed by atoms with Crippen LogP contribution in [0.3, 0.4) is 0 Å². The van der Waals surface area contributed by atoms with E-state index < -0.39 is 11.4 Å². The summed E-state index contributed by atoms with van der Waals surface area (Å²) in [7, 11) is 0. The second-order valence-corrected chi connectivity index (χ2v) is 5.86. The zero-order chi connectivity index (χ0) is 14.2. The van der Waals surface area contributed by atoms with Crippen molar-refractivity contribution in [1.82, 2.24) is 9.97 Å². The number of aryl methyl sites for hydroxylation is 1. The van der Waals surface area contributed by atoms with E-state index >= 15 is 0 Å². The molecule has 0 atom stereocenters. The molecule has 0 unspecified atom stereocenters. The summed E-state index contributed by atoms with van der Waals surface area (Å²) in [5, 5.41) is 9.54. The fourth-order valence-electron chi connectivity index (χ4n) is 3.25. The van der Waals surface area contributed by atoms with Crippen molar-refractivity contribution >= 4 is 17.0 Å². The number of aromatic nitrogens is 2. The summed E-state index contributed by atoms with van der Waals surface area (Å²) in [5.41, 5.74) is 2.59. The quantitative estimate of drug-likeness (QED) is 0.897. The van der Waals surface area contributed by atoms with Crippen LogP contribution in [-0.2, 0) is 17.6 Å². The van der Waals surface area contributed by atoms with Crippen molar-refractivity contribution in [2.75, 3.05) is 0 Å². The summed E-state index contributed by atoms with van der Waals surface area (Å²) in [4.78, 5) is 19.5. The van der Waals surface area contributed by atoms with Crippen LogP contribution in [0.25, 0.3) is 11.0 Å². The van der Waals surface area contributed by atoms with Crippen LogP contribution >= 0.6 is 0 Å². The Hall–Kier alpha value is -1.84. The summed E-state index contributed by atoms with van der Waals surface area (Å²) in [5.74, 6) is 0.127. The van der Waals surface area contributed by atoms with E-state index in [-0.39, 0.29) is 0 Å². The molecular formula is C16H20N2O2. The minimum absolute atomic E-state index is 0.512. The fraction of sp³-hybridized carbons (Fsp3) is 0.500. The number of carbonyl (C=O) groups is 1. The Morgan fingerprint density at radius 2 is 2.15 bits per heavy atom. The van der Waals surface area contributed by atoms with E-state index in [2.05, 4.69) is 29.0 Å². The summed E-state index contributed by atoms with van der Waals surface area (Å²) >= 11 is 0. The Morgan fingerprint density at radius 3 is 2.80 bits per heavy atom. The van der Waals surface area contributed by atoms with Gasteiger partial charge in [0.1, 0.15) is 5.82 Å². The lowest BCUT2D eigenvalue weighted by Crippen LogP contribution is -2.30. The number of fused-ring (bicyclic) bond motifs is 1. The molecule has 1 aromatic heterocycles. The highest BCUT2D eigenvalue weighted by Gasteiger charge is 2.42. The van der Waals surface area contributed by atoms with Crippen LogP contribution in [0, 0.1) is 5.41 Å². The van der Waals surface area contributed by atoms with Crippen molar-refractivity contribution in [2.24, 2.45) is 5.41 Å². The molecule has 0 radical (unpaired) electrons. The molecule has 1 fully saturated rings. The van der Waals surface area contributed by atoms with E-state index in [0.29, 0.717) is 6.42 Å². The molecule has 2 N–H and O–H groups in total. The van der Waals surface area contributed by atoms with Gasteiger partial charge in [-0.15, -0.1) is 0 Å². The molecule has 1 aromatic carbocycles. The standard InChI is InChI=1S/C16H20N2O2/c1-2-11-5-6-12-13(9-11)18-14(17-12)10-16(15(19)20)7-3-4-8-16/h5-6,9H,2-4,7-8,10H2,1H3,(H,17,18)(H,19,20). The van der Waals surface area contributed by atoms with Crippen molar-refractivity contribution in [1.29, 1.82) is 0 Å². The molecule has 1 aliphatic carbocycles. The van der Waals surface area contributed by atoms with E-state index in [1.165, 1.54) is 5.56 Å². The SMILES string of the molecule is CCc1ccc2nc(CC3(C(=O)O)CCCC3)[nH]c2c1. The van der Waals surface area contributed by atoms with Gasteiger partial charge >= 0.3 is 5.97 Å². The summed E-state index contributed by atoms with van der Waals surface area (Å²) < 4.78 is 0.